The fourth-order valence-corrected chi connectivity index (χ4v) is 3.76. The highest BCUT2D eigenvalue weighted by Gasteiger charge is 2.17. The van der Waals surface area contributed by atoms with Crippen LogP contribution >= 0.6 is 0 Å². The Morgan fingerprint density at radius 2 is 1.67 bits per heavy atom. The van der Waals surface area contributed by atoms with Gasteiger partial charge in [-0.1, -0.05) is 30.3 Å². The third kappa shape index (κ3) is 4.07. The van der Waals surface area contributed by atoms with Crippen molar-refractivity contribution in [2.75, 3.05) is 7.11 Å². The van der Waals surface area contributed by atoms with Gasteiger partial charge in [0, 0.05) is 20.1 Å². The molecule has 4 rings (SSSR count). The van der Waals surface area contributed by atoms with Crippen molar-refractivity contribution < 1.29 is 9.47 Å². The van der Waals surface area contributed by atoms with Crippen LogP contribution in [0, 0.1) is 0 Å². The molecule has 33 heavy (non-hydrogen) atoms. The summed E-state index contributed by atoms with van der Waals surface area (Å²) in [7, 11) is 3.37. The Morgan fingerprint density at radius 3 is 2.33 bits per heavy atom. The van der Waals surface area contributed by atoms with Crippen molar-refractivity contribution in [3.63, 3.8) is 0 Å². The minimum absolute atomic E-state index is 0.306. The van der Waals surface area contributed by atoms with Crippen LogP contribution in [0.2, 0.25) is 0 Å². The number of ether oxygens (including phenoxy) is 2. The number of aromatic nitrogens is 4. The molecule has 2 heterocycles. The third-order valence-electron chi connectivity index (χ3n) is 5.49. The number of aryl methyl sites for hydroxylation is 2. The second-order valence-electron chi connectivity index (χ2n) is 7.44. The van der Waals surface area contributed by atoms with E-state index in [0.29, 0.717) is 47.3 Å². The maximum absolute atomic E-state index is 12.9. The number of rotatable bonds is 7. The van der Waals surface area contributed by atoms with Crippen molar-refractivity contribution in [2.45, 2.75) is 26.9 Å². The van der Waals surface area contributed by atoms with Gasteiger partial charge in [0.05, 0.1) is 7.11 Å². The van der Waals surface area contributed by atoms with Gasteiger partial charge in [-0.3, -0.25) is 13.9 Å². The van der Waals surface area contributed by atoms with Gasteiger partial charge in [-0.2, -0.15) is 0 Å². The van der Waals surface area contributed by atoms with E-state index in [1.165, 1.54) is 9.13 Å². The Bertz CT molecular complexity index is 1450. The van der Waals surface area contributed by atoms with Crippen LogP contribution in [0.5, 0.6) is 17.2 Å². The van der Waals surface area contributed by atoms with E-state index < -0.39 is 0 Å². The molecule has 0 spiro atoms. The maximum atomic E-state index is 12.9. The van der Waals surface area contributed by atoms with E-state index >= 15 is 0 Å². The summed E-state index contributed by atoms with van der Waals surface area (Å²) in [6, 6.07) is 15.1. The van der Waals surface area contributed by atoms with E-state index in [4.69, 9.17) is 9.47 Å². The smallest absolute Gasteiger partial charge is 0.332 e. The first-order valence-corrected chi connectivity index (χ1v) is 10.8. The predicted molar refractivity (Wildman–Crippen MR) is 129 cm³/mol. The predicted octanol–water partition coefficient (Wildman–Crippen LogP) is 3.91. The Morgan fingerprint density at radius 1 is 0.939 bits per heavy atom. The van der Waals surface area contributed by atoms with Gasteiger partial charge in [0.15, 0.2) is 22.7 Å². The Kier molecular flexibility index (Phi) is 6.17. The van der Waals surface area contributed by atoms with E-state index in [9.17, 15) is 9.59 Å². The lowest BCUT2D eigenvalue weighted by Crippen LogP contribution is -2.39. The standard InChI is InChI=1S/C25H26N4O4/c1-5-28-23-22(24(30)29(6-2)25(28)31)27(3)21(26-23)15-13-17-12-14-19(32-4)20(16-17)33-18-10-8-7-9-11-18/h7-16H,5-6H2,1-4H3/b15-13+. The second-order valence-corrected chi connectivity index (χ2v) is 7.44. The molecule has 0 N–H and O–H groups in total. The summed E-state index contributed by atoms with van der Waals surface area (Å²) in [6.45, 7) is 4.38. The zero-order chi connectivity index (χ0) is 23.5. The van der Waals surface area contributed by atoms with E-state index in [-0.39, 0.29) is 11.2 Å². The molecule has 8 nitrogen and oxygen atoms in total. The number of benzene rings is 2. The SMILES string of the molecule is CCn1c(=O)c2c(nc(/C=C/c3ccc(OC)c(Oc4ccccc4)c3)n2C)n(CC)c1=O. The normalized spacial score (nSPS) is 11.4. The van der Waals surface area contributed by atoms with Crippen molar-refractivity contribution in [3.8, 4) is 17.2 Å². The number of nitrogens with zero attached hydrogens (tertiary/aromatic N) is 4. The highest BCUT2D eigenvalue weighted by molar-refractivity contribution is 5.77. The van der Waals surface area contributed by atoms with E-state index in [2.05, 4.69) is 4.98 Å². The molecule has 8 heteroatoms. The number of imidazole rings is 1. The zero-order valence-corrected chi connectivity index (χ0v) is 19.1. The molecule has 0 radical (unpaired) electrons. The number of fused-ring (bicyclic) bond motifs is 1. The summed E-state index contributed by atoms with van der Waals surface area (Å²) in [5, 5.41) is 0. The van der Waals surface area contributed by atoms with Crippen LogP contribution in [0.4, 0.5) is 0 Å². The minimum Gasteiger partial charge on any atom is -0.493 e. The van der Waals surface area contributed by atoms with Gasteiger partial charge < -0.3 is 14.0 Å². The molecule has 0 aliphatic heterocycles. The van der Waals surface area contributed by atoms with Crippen molar-refractivity contribution in [3.05, 3.63) is 80.8 Å². The molecule has 0 atom stereocenters. The van der Waals surface area contributed by atoms with Gasteiger partial charge in [-0.25, -0.2) is 9.78 Å². The lowest BCUT2D eigenvalue weighted by Gasteiger charge is -2.11. The van der Waals surface area contributed by atoms with Crippen LogP contribution in [0.3, 0.4) is 0 Å². The van der Waals surface area contributed by atoms with Gasteiger partial charge in [0.2, 0.25) is 0 Å². The van der Waals surface area contributed by atoms with Crippen LogP contribution in [0.25, 0.3) is 23.3 Å². The van der Waals surface area contributed by atoms with E-state index in [1.54, 1.807) is 25.6 Å². The van der Waals surface area contributed by atoms with Gasteiger partial charge in [0.25, 0.3) is 5.56 Å². The van der Waals surface area contributed by atoms with Gasteiger partial charge in [-0.05, 0) is 49.8 Å². The highest BCUT2D eigenvalue weighted by Crippen LogP contribution is 2.32. The van der Waals surface area contributed by atoms with Crippen molar-refractivity contribution in [1.82, 2.24) is 18.7 Å². The summed E-state index contributed by atoms with van der Waals surface area (Å²) < 4.78 is 15.9. The van der Waals surface area contributed by atoms with Gasteiger partial charge in [0.1, 0.15) is 11.6 Å². The first kappa shape index (κ1) is 22.1. The molecule has 0 unspecified atom stereocenters. The Hall–Kier alpha value is -4.07. The maximum Gasteiger partial charge on any atom is 0.332 e. The summed E-state index contributed by atoms with van der Waals surface area (Å²) in [6.07, 6.45) is 3.69. The first-order chi connectivity index (χ1) is 16.0. The van der Waals surface area contributed by atoms with Gasteiger partial charge >= 0.3 is 5.69 Å². The molecule has 0 fully saturated rings. The van der Waals surface area contributed by atoms with Crippen LogP contribution < -0.4 is 20.7 Å². The van der Waals surface area contributed by atoms with Crippen LogP contribution in [0.1, 0.15) is 25.2 Å². The fourth-order valence-electron chi connectivity index (χ4n) is 3.76. The summed E-state index contributed by atoms with van der Waals surface area (Å²) in [5.74, 6) is 2.48. The first-order valence-electron chi connectivity index (χ1n) is 10.8. The molecule has 0 saturated carbocycles. The molecule has 0 bridgehead atoms. The molecule has 2 aromatic carbocycles. The molecule has 0 saturated heterocycles. The van der Waals surface area contributed by atoms with Gasteiger partial charge in [-0.15, -0.1) is 0 Å². The minimum atomic E-state index is -0.344. The average Bonchev–Trinajstić information content (AvgIpc) is 3.15. The fraction of sp³-hybridized carbons (Fsp3) is 0.240. The third-order valence-corrected chi connectivity index (χ3v) is 5.49. The van der Waals surface area contributed by atoms with Crippen molar-refractivity contribution in [1.29, 1.82) is 0 Å². The van der Waals surface area contributed by atoms with Crippen LogP contribution in [-0.4, -0.2) is 25.8 Å². The van der Waals surface area contributed by atoms with E-state index in [0.717, 1.165) is 5.56 Å². The molecule has 4 aromatic rings. The van der Waals surface area contributed by atoms with Crippen molar-refractivity contribution >= 4 is 23.3 Å². The molecular weight excluding hydrogens is 420 g/mol. The number of methoxy groups -OCH3 is 1. The second kappa shape index (κ2) is 9.20. The largest absolute Gasteiger partial charge is 0.493 e. The Labute approximate surface area is 191 Å². The van der Waals surface area contributed by atoms with E-state index in [1.807, 2.05) is 67.6 Å². The Balaban J connectivity index is 1.75. The highest BCUT2D eigenvalue weighted by atomic mass is 16.5. The topological polar surface area (TPSA) is 80.3 Å². The summed E-state index contributed by atoms with van der Waals surface area (Å²) >= 11 is 0. The summed E-state index contributed by atoms with van der Waals surface area (Å²) in [4.78, 5) is 30.1. The van der Waals surface area contributed by atoms with Crippen LogP contribution in [-0.2, 0) is 20.1 Å². The zero-order valence-electron chi connectivity index (χ0n) is 19.1. The molecule has 0 aliphatic rings. The number of hydrogen-bond donors (Lipinski definition) is 0. The molecular formula is C25H26N4O4. The molecule has 0 amide bonds. The lowest BCUT2D eigenvalue weighted by atomic mass is 10.2. The lowest BCUT2D eigenvalue weighted by molar-refractivity contribution is 0.379. The molecule has 0 aliphatic carbocycles. The number of para-hydroxylation sites is 1. The summed E-state index contributed by atoms with van der Waals surface area (Å²) in [5.41, 5.74) is 0.986. The molecule has 2 aromatic heterocycles. The molecule has 170 valence electrons. The van der Waals surface area contributed by atoms with Crippen LogP contribution in [0.15, 0.2) is 58.1 Å². The quantitative estimate of drug-likeness (QED) is 0.430. The average molecular weight is 447 g/mol. The monoisotopic (exact) mass is 446 g/mol. The van der Waals surface area contributed by atoms with Crippen molar-refractivity contribution in [2.24, 2.45) is 7.05 Å². The number of hydrogen-bond acceptors (Lipinski definition) is 5.